The molecule has 2 N–H and O–H groups in total. The van der Waals surface area contributed by atoms with Crippen molar-refractivity contribution in [2.45, 2.75) is 33.2 Å². The fourth-order valence-electron chi connectivity index (χ4n) is 1.46. The molecule has 1 aromatic carbocycles. The molecule has 1 aromatic rings. The van der Waals surface area contributed by atoms with Crippen LogP contribution in [0, 0.1) is 12.8 Å². The van der Waals surface area contributed by atoms with Crippen molar-refractivity contribution in [2.75, 3.05) is 0 Å². The van der Waals surface area contributed by atoms with Gasteiger partial charge in [0.05, 0.1) is 0 Å². The number of aryl methyl sites for hydroxylation is 1. The number of para-hydroxylation sites is 1. The summed E-state index contributed by atoms with van der Waals surface area (Å²) >= 11 is 0. The SMILES string of the molecule is Cc1ccccc1OC(=O)C(N)CC(C)C. The first-order valence-electron chi connectivity index (χ1n) is 5.53. The second-order valence-corrected chi connectivity index (χ2v) is 4.42. The fraction of sp³-hybridized carbons (Fsp3) is 0.462. The van der Waals surface area contributed by atoms with E-state index in [0.717, 1.165) is 5.56 Å². The smallest absolute Gasteiger partial charge is 0.328 e. The summed E-state index contributed by atoms with van der Waals surface area (Å²) in [6.07, 6.45) is 0.644. The zero-order valence-electron chi connectivity index (χ0n) is 10.1. The minimum atomic E-state index is -0.542. The molecule has 3 nitrogen and oxygen atoms in total. The number of carbonyl (C=O) groups is 1. The molecule has 1 unspecified atom stereocenters. The van der Waals surface area contributed by atoms with Crippen LogP contribution in [0.3, 0.4) is 0 Å². The molecule has 0 aliphatic heterocycles. The number of hydrogen-bond acceptors (Lipinski definition) is 3. The first-order chi connectivity index (χ1) is 7.50. The van der Waals surface area contributed by atoms with Crippen molar-refractivity contribution in [3.8, 4) is 5.75 Å². The summed E-state index contributed by atoms with van der Waals surface area (Å²) < 4.78 is 5.24. The zero-order valence-corrected chi connectivity index (χ0v) is 10.1. The Hall–Kier alpha value is -1.35. The lowest BCUT2D eigenvalue weighted by atomic mass is 10.0. The molecule has 0 saturated heterocycles. The van der Waals surface area contributed by atoms with Gasteiger partial charge in [-0.2, -0.15) is 0 Å². The molecule has 0 saturated carbocycles. The van der Waals surface area contributed by atoms with E-state index in [2.05, 4.69) is 0 Å². The van der Waals surface area contributed by atoms with Crippen LogP contribution < -0.4 is 10.5 Å². The van der Waals surface area contributed by atoms with E-state index < -0.39 is 6.04 Å². The number of rotatable bonds is 4. The average Bonchev–Trinajstić information content (AvgIpc) is 2.20. The number of benzene rings is 1. The van der Waals surface area contributed by atoms with Gasteiger partial charge >= 0.3 is 5.97 Å². The maximum Gasteiger partial charge on any atom is 0.328 e. The summed E-state index contributed by atoms with van der Waals surface area (Å²) in [7, 11) is 0. The van der Waals surface area contributed by atoms with Gasteiger partial charge in [0.2, 0.25) is 0 Å². The molecule has 0 spiro atoms. The average molecular weight is 221 g/mol. The van der Waals surface area contributed by atoms with Crippen LogP contribution >= 0.6 is 0 Å². The van der Waals surface area contributed by atoms with Crippen LogP contribution in [0.4, 0.5) is 0 Å². The lowest BCUT2D eigenvalue weighted by Gasteiger charge is -2.14. The van der Waals surface area contributed by atoms with Crippen LogP contribution in [0.15, 0.2) is 24.3 Å². The Balaban J connectivity index is 2.61. The highest BCUT2D eigenvalue weighted by atomic mass is 16.5. The van der Waals surface area contributed by atoms with Crippen molar-refractivity contribution in [3.63, 3.8) is 0 Å². The Bertz CT molecular complexity index is 361. The van der Waals surface area contributed by atoms with Crippen LogP contribution in [0.5, 0.6) is 5.75 Å². The van der Waals surface area contributed by atoms with Crippen molar-refractivity contribution in [3.05, 3.63) is 29.8 Å². The van der Waals surface area contributed by atoms with Crippen molar-refractivity contribution in [2.24, 2.45) is 11.7 Å². The standard InChI is InChI=1S/C13H19NO2/c1-9(2)8-11(14)13(15)16-12-7-5-4-6-10(12)3/h4-7,9,11H,8,14H2,1-3H3. The number of hydrogen-bond donors (Lipinski definition) is 1. The van der Waals surface area contributed by atoms with E-state index in [1.54, 1.807) is 6.07 Å². The molecular weight excluding hydrogens is 202 g/mol. The molecule has 0 aliphatic rings. The molecule has 0 aromatic heterocycles. The van der Waals surface area contributed by atoms with Crippen LogP contribution in [0.2, 0.25) is 0 Å². The molecule has 0 heterocycles. The van der Waals surface area contributed by atoms with Crippen molar-refractivity contribution in [1.29, 1.82) is 0 Å². The molecule has 0 aliphatic carbocycles. The molecule has 0 fully saturated rings. The summed E-state index contributed by atoms with van der Waals surface area (Å²) in [5.74, 6) is 0.620. The summed E-state index contributed by atoms with van der Waals surface area (Å²) in [5, 5.41) is 0. The van der Waals surface area contributed by atoms with Crippen molar-refractivity contribution < 1.29 is 9.53 Å². The normalized spacial score (nSPS) is 12.6. The summed E-state index contributed by atoms with van der Waals surface area (Å²) in [6.45, 7) is 5.96. The highest BCUT2D eigenvalue weighted by Gasteiger charge is 2.17. The Kier molecular flexibility index (Phi) is 4.50. The lowest BCUT2D eigenvalue weighted by Crippen LogP contribution is -2.35. The first-order valence-corrected chi connectivity index (χ1v) is 5.53. The molecule has 88 valence electrons. The third kappa shape index (κ3) is 3.66. The summed E-state index contributed by atoms with van der Waals surface area (Å²) in [6, 6.07) is 6.87. The summed E-state index contributed by atoms with van der Waals surface area (Å²) in [4.78, 5) is 11.7. The van der Waals surface area contributed by atoms with E-state index in [0.29, 0.717) is 18.1 Å². The van der Waals surface area contributed by atoms with Gasteiger partial charge in [-0.15, -0.1) is 0 Å². The van der Waals surface area contributed by atoms with Gasteiger partial charge in [-0.3, -0.25) is 0 Å². The van der Waals surface area contributed by atoms with Crippen LogP contribution in [0.25, 0.3) is 0 Å². The van der Waals surface area contributed by atoms with Gasteiger partial charge in [-0.05, 0) is 30.9 Å². The number of nitrogens with two attached hydrogens (primary N) is 1. The molecule has 0 bridgehead atoms. The first kappa shape index (κ1) is 12.7. The molecular formula is C13H19NO2. The molecule has 1 atom stereocenters. The van der Waals surface area contributed by atoms with Crippen molar-refractivity contribution >= 4 is 5.97 Å². The monoisotopic (exact) mass is 221 g/mol. The Morgan fingerprint density at radius 3 is 2.56 bits per heavy atom. The van der Waals surface area contributed by atoms with Crippen molar-refractivity contribution in [1.82, 2.24) is 0 Å². The minimum Gasteiger partial charge on any atom is -0.425 e. The van der Waals surface area contributed by atoms with E-state index in [4.69, 9.17) is 10.5 Å². The Morgan fingerprint density at radius 2 is 2.00 bits per heavy atom. The van der Waals surface area contributed by atoms with Gasteiger partial charge in [0.25, 0.3) is 0 Å². The maximum absolute atomic E-state index is 11.7. The van der Waals surface area contributed by atoms with Gasteiger partial charge in [-0.25, -0.2) is 4.79 Å². The third-order valence-electron chi connectivity index (χ3n) is 2.33. The Labute approximate surface area is 96.6 Å². The highest BCUT2D eigenvalue weighted by molar-refractivity contribution is 5.78. The molecule has 0 amide bonds. The number of ether oxygens (including phenoxy) is 1. The number of carbonyl (C=O) groups excluding carboxylic acids is 1. The largest absolute Gasteiger partial charge is 0.425 e. The van der Waals surface area contributed by atoms with Gasteiger partial charge in [0.1, 0.15) is 11.8 Å². The van der Waals surface area contributed by atoms with Crippen LogP contribution in [-0.4, -0.2) is 12.0 Å². The lowest BCUT2D eigenvalue weighted by molar-refractivity contribution is -0.136. The maximum atomic E-state index is 11.7. The van der Waals surface area contributed by atoms with Crippen LogP contribution in [0.1, 0.15) is 25.8 Å². The highest BCUT2D eigenvalue weighted by Crippen LogP contribution is 2.17. The quantitative estimate of drug-likeness (QED) is 0.627. The second kappa shape index (κ2) is 5.66. The predicted molar refractivity (Wildman–Crippen MR) is 64.2 cm³/mol. The zero-order chi connectivity index (χ0) is 12.1. The van der Waals surface area contributed by atoms with E-state index in [1.165, 1.54) is 0 Å². The van der Waals surface area contributed by atoms with Gasteiger partial charge in [0.15, 0.2) is 0 Å². The van der Waals surface area contributed by atoms with E-state index >= 15 is 0 Å². The fourth-order valence-corrected chi connectivity index (χ4v) is 1.46. The number of esters is 1. The molecule has 3 heteroatoms. The van der Waals surface area contributed by atoms with Gasteiger partial charge in [0, 0.05) is 0 Å². The third-order valence-corrected chi connectivity index (χ3v) is 2.33. The van der Waals surface area contributed by atoms with Gasteiger partial charge in [-0.1, -0.05) is 32.0 Å². The van der Waals surface area contributed by atoms with E-state index in [1.807, 2.05) is 39.0 Å². The minimum absolute atomic E-state index is 0.358. The van der Waals surface area contributed by atoms with E-state index in [9.17, 15) is 4.79 Å². The molecule has 0 radical (unpaired) electrons. The topological polar surface area (TPSA) is 52.3 Å². The molecule has 16 heavy (non-hydrogen) atoms. The Morgan fingerprint density at radius 1 is 1.38 bits per heavy atom. The molecule has 1 rings (SSSR count). The van der Waals surface area contributed by atoms with E-state index in [-0.39, 0.29) is 5.97 Å². The van der Waals surface area contributed by atoms with Crippen LogP contribution in [-0.2, 0) is 4.79 Å². The predicted octanol–water partition coefficient (Wildman–Crippen LogP) is 2.27. The summed E-state index contributed by atoms with van der Waals surface area (Å²) in [5.41, 5.74) is 6.68. The second-order valence-electron chi connectivity index (χ2n) is 4.42. The van der Waals surface area contributed by atoms with Gasteiger partial charge < -0.3 is 10.5 Å².